The van der Waals surface area contributed by atoms with E-state index < -0.39 is 12.7 Å². The van der Waals surface area contributed by atoms with Crippen molar-refractivity contribution in [1.29, 1.82) is 0 Å². The lowest BCUT2D eigenvalue weighted by atomic mass is 9.86. The SMILES string of the molecule is CC(C)N1C2CC1CN(CC(F)(F)F)C2. The molecule has 3 saturated heterocycles. The van der Waals surface area contributed by atoms with Gasteiger partial charge in [-0.2, -0.15) is 13.2 Å². The third kappa shape index (κ3) is 2.28. The van der Waals surface area contributed by atoms with Gasteiger partial charge in [0.1, 0.15) is 0 Å². The Morgan fingerprint density at radius 3 is 2.13 bits per heavy atom. The summed E-state index contributed by atoms with van der Waals surface area (Å²) in [4.78, 5) is 3.88. The molecule has 3 aliphatic heterocycles. The molecule has 2 nitrogen and oxygen atoms in total. The largest absolute Gasteiger partial charge is 0.401 e. The number of piperazine rings is 1. The van der Waals surface area contributed by atoms with Crippen LogP contribution in [0.4, 0.5) is 13.2 Å². The Kier molecular flexibility index (Phi) is 2.71. The van der Waals surface area contributed by atoms with Gasteiger partial charge in [-0.25, -0.2) is 0 Å². The van der Waals surface area contributed by atoms with E-state index in [0.29, 0.717) is 31.2 Å². The van der Waals surface area contributed by atoms with Crippen LogP contribution in [0.5, 0.6) is 0 Å². The number of rotatable bonds is 2. The Morgan fingerprint density at radius 1 is 1.20 bits per heavy atom. The van der Waals surface area contributed by atoms with Crippen LogP contribution in [0, 0.1) is 0 Å². The van der Waals surface area contributed by atoms with E-state index in [1.165, 1.54) is 4.90 Å². The van der Waals surface area contributed by atoms with Crippen LogP contribution < -0.4 is 0 Å². The highest BCUT2D eigenvalue weighted by Gasteiger charge is 2.47. The molecule has 2 unspecified atom stereocenters. The molecule has 5 heteroatoms. The zero-order valence-corrected chi connectivity index (χ0v) is 9.09. The maximum atomic E-state index is 12.2. The van der Waals surface area contributed by atoms with Gasteiger partial charge >= 0.3 is 6.18 Å². The zero-order chi connectivity index (χ0) is 11.2. The molecule has 3 aliphatic rings. The van der Waals surface area contributed by atoms with Gasteiger partial charge in [-0.15, -0.1) is 0 Å². The molecular formula is C10H17F3N2. The molecule has 0 aromatic rings. The van der Waals surface area contributed by atoms with Gasteiger partial charge in [-0.1, -0.05) is 0 Å². The molecule has 0 spiro atoms. The fraction of sp³-hybridized carbons (Fsp3) is 1.00. The van der Waals surface area contributed by atoms with Gasteiger partial charge in [-0.3, -0.25) is 9.80 Å². The van der Waals surface area contributed by atoms with Gasteiger partial charge in [0.2, 0.25) is 0 Å². The van der Waals surface area contributed by atoms with Crippen LogP contribution >= 0.6 is 0 Å². The average molecular weight is 222 g/mol. The van der Waals surface area contributed by atoms with Crippen LogP contribution in [-0.4, -0.2) is 53.7 Å². The van der Waals surface area contributed by atoms with Crippen molar-refractivity contribution < 1.29 is 13.2 Å². The second kappa shape index (κ2) is 3.63. The Labute approximate surface area is 88.0 Å². The molecule has 0 aliphatic carbocycles. The lowest BCUT2D eigenvalue weighted by Gasteiger charge is -2.58. The van der Waals surface area contributed by atoms with Crippen LogP contribution in [0.2, 0.25) is 0 Å². The van der Waals surface area contributed by atoms with E-state index in [9.17, 15) is 13.2 Å². The molecule has 0 N–H and O–H groups in total. The summed E-state index contributed by atoms with van der Waals surface area (Å²) in [5.41, 5.74) is 0. The van der Waals surface area contributed by atoms with Crippen molar-refractivity contribution in [1.82, 2.24) is 9.80 Å². The van der Waals surface area contributed by atoms with E-state index in [1.807, 2.05) is 0 Å². The van der Waals surface area contributed by atoms with Crippen molar-refractivity contribution in [3.8, 4) is 0 Å². The van der Waals surface area contributed by atoms with Crippen molar-refractivity contribution in [3.05, 3.63) is 0 Å². The molecule has 15 heavy (non-hydrogen) atoms. The summed E-state index contributed by atoms with van der Waals surface area (Å²) in [6, 6.07) is 1.17. The van der Waals surface area contributed by atoms with Gasteiger partial charge in [0.15, 0.2) is 0 Å². The second-order valence-corrected chi connectivity index (χ2v) is 4.89. The van der Waals surface area contributed by atoms with Crippen LogP contribution in [0.15, 0.2) is 0 Å². The van der Waals surface area contributed by atoms with Gasteiger partial charge in [0.25, 0.3) is 0 Å². The van der Waals surface area contributed by atoms with E-state index in [0.717, 1.165) is 6.42 Å². The maximum Gasteiger partial charge on any atom is 0.401 e. The quantitative estimate of drug-likeness (QED) is 0.702. The first-order valence-electron chi connectivity index (χ1n) is 5.43. The van der Waals surface area contributed by atoms with E-state index in [1.54, 1.807) is 0 Å². The van der Waals surface area contributed by atoms with Crippen molar-refractivity contribution in [2.75, 3.05) is 19.6 Å². The Hall–Kier alpha value is -0.290. The predicted octanol–water partition coefficient (Wildman–Crippen LogP) is 1.72. The second-order valence-electron chi connectivity index (χ2n) is 4.89. The molecule has 3 rings (SSSR count). The maximum absolute atomic E-state index is 12.2. The minimum atomic E-state index is -4.05. The van der Waals surface area contributed by atoms with Crippen LogP contribution in [0.3, 0.4) is 0 Å². The number of fused-ring (bicyclic) bond motifs is 2. The van der Waals surface area contributed by atoms with E-state index in [2.05, 4.69) is 18.7 Å². The van der Waals surface area contributed by atoms with Gasteiger partial charge in [0, 0.05) is 31.2 Å². The highest BCUT2D eigenvalue weighted by Crippen LogP contribution is 2.35. The normalized spacial score (nSPS) is 33.2. The monoisotopic (exact) mass is 222 g/mol. The molecule has 3 fully saturated rings. The summed E-state index contributed by atoms with van der Waals surface area (Å²) >= 11 is 0. The first-order valence-corrected chi connectivity index (χ1v) is 5.43. The fourth-order valence-electron chi connectivity index (χ4n) is 2.95. The summed E-state index contributed by atoms with van der Waals surface area (Å²) in [5, 5.41) is 0. The molecule has 88 valence electrons. The topological polar surface area (TPSA) is 6.48 Å². The Balaban J connectivity index is 1.87. The highest BCUT2D eigenvalue weighted by molar-refractivity contribution is 5.02. The molecular weight excluding hydrogens is 205 g/mol. The van der Waals surface area contributed by atoms with Crippen LogP contribution in [-0.2, 0) is 0 Å². The van der Waals surface area contributed by atoms with Gasteiger partial charge in [-0.05, 0) is 20.3 Å². The summed E-state index contributed by atoms with van der Waals surface area (Å²) in [6.45, 7) is 4.63. The molecule has 0 radical (unpaired) electrons. The number of hydrogen-bond acceptors (Lipinski definition) is 2. The average Bonchev–Trinajstić information content (AvgIpc) is 1.98. The number of hydrogen-bond donors (Lipinski definition) is 0. The lowest BCUT2D eigenvalue weighted by molar-refractivity contribution is -0.170. The first-order chi connectivity index (χ1) is 6.87. The first kappa shape index (κ1) is 11.2. The minimum absolute atomic E-state index is 0.353. The standard InChI is InChI=1S/C10H17F3N2/c1-7(2)15-8-3-9(15)5-14(4-8)6-10(11,12)13/h7-9H,3-6H2,1-2H3. The number of nitrogens with zero attached hydrogens (tertiary/aromatic N) is 2. The fourth-order valence-corrected chi connectivity index (χ4v) is 2.95. The summed E-state index contributed by atoms with van der Waals surface area (Å²) in [6.07, 6.45) is -2.97. The van der Waals surface area contributed by atoms with E-state index in [4.69, 9.17) is 0 Å². The Bertz CT molecular complexity index is 227. The third-order valence-electron chi connectivity index (χ3n) is 3.32. The number of piperidine rings is 1. The predicted molar refractivity (Wildman–Crippen MR) is 51.7 cm³/mol. The molecule has 2 atom stereocenters. The minimum Gasteiger partial charge on any atom is -0.292 e. The van der Waals surface area contributed by atoms with Crippen LogP contribution in [0.1, 0.15) is 20.3 Å². The zero-order valence-electron chi connectivity index (χ0n) is 9.09. The summed E-state index contributed by atoms with van der Waals surface area (Å²) < 4.78 is 36.5. The van der Waals surface area contributed by atoms with E-state index in [-0.39, 0.29) is 0 Å². The number of halogens is 3. The summed E-state index contributed by atoms with van der Waals surface area (Å²) in [5.74, 6) is 0. The number of alkyl halides is 3. The molecule has 0 aromatic carbocycles. The lowest BCUT2D eigenvalue weighted by Crippen LogP contribution is -2.70. The van der Waals surface area contributed by atoms with Crippen molar-refractivity contribution in [3.63, 3.8) is 0 Å². The highest BCUT2D eigenvalue weighted by atomic mass is 19.4. The van der Waals surface area contributed by atoms with Gasteiger partial charge < -0.3 is 0 Å². The third-order valence-corrected chi connectivity index (χ3v) is 3.32. The molecule has 0 saturated carbocycles. The van der Waals surface area contributed by atoms with Crippen LogP contribution in [0.25, 0.3) is 0 Å². The van der Waals surface area contributed by atoms with Crippen molar-refractivity contribution in [2.24, 2.45) is 0 Å². The van der Waals surface area contributed by atoms with E-state index >= 15 is 0 Å². The Morgan fingerprint density at radius 2 is 1.73 bits per heavy atom. The smallest absolute Gasteiger partial charge is 0.292 e. The van der Waals surface area contributed by atoms with Gasteiger partial charge in [0.05, 0.1) is 6.54 Å². The molecule has 0 amide bonds. The summed E-state index contributed by atoms with van der Waals surface area (Å²) in [7, 11) is 0. The molecule has 3 heterocycles. The van der Waals surface area contributed by atoms with Crippen molar-refractivity contribution >= 4 is 0 Å². The molecule has 0 aromatic heterocycles. The van der Waals surface area contributed by atoms with Crippen molar-refractivity contribution in [2.45, 2.75) is 44.6 Å². The molecule has 2 bridgehead atoms.